The van der Waals surface area contributed by atoms with Gasteiger partial charge in [0.25, 0.3) is 0 Å². The van der Waals surface area contributed by atoms with E-state index in [1.54, 1.807) is 32.2 Å². The fraction of sp³-hybridized carbons (Fsp3) is 0.531. The lowest BCUT2D eigenvalue weighted by molar-refractivity contribution is -0.143. The number of aliphatic imine (C=N–C) groups is 1. The van der Waals surface area contributed by atoms with Gasteiger partial charge < -0.3 is 25.0 Å². The monoisotopic (exact) mass is 638 g/mol. The molecule has 0 bridgehead atoms. The molecule has 2 saturated heterocycles. The Morgan fingerprint density at radius 2 is 1.98 bits per heavy atom. The third-order valence-electron chi connectivity index (χ3n) is 9.57. The number of benzene rings is 1. The van der Waals surface area contributed by atoms with Crippen LogP contribution in [0.5, 0.6) is 0 Å². The van der Waals surface area contributed by atoms with Crippen LogP contribution in [-0.4, -0.2) is 99.5 Å². The van der Waals surface area contributed by atoms with Crippen molar-refractivity contribution in [1.29, 1.82) is 0 Å². The average Bonchev–Trinajstić information content (AvgIpc) is 3.64. The van der Waals surface area contributed by atoms with Gasteiger partial charge in [0.05, 0.1) is 23.6 Å². The number of hydrogen-bond donors (Lipinski definition) is 2. The summed E-state index contributed by atoms with van der Waals surface area (Å²) in [6.45, 7) is 8.32. The number of aromatic nitrogens is 1. The number of carbonyl (C=O) groups is 3. The number of carbonyl (C=O) groups excluding carboxylic acids is 2. The van der Waals surface area contributed by atoms with Gasteiger partial charge >= 0.3 is 18.0 Å². The summed E-state index contributed by atoms with van der Waals surface area (Å²) in [5.74, 6) is -1.48. The first kappa shape index (κ1) is 31.2. The van der Waals surface area contributed by atoms with Crippen LogP contribution in [0.2, 0.25) is 0 Å². The molecule has 0 radical (unpaired) electrons. The van der Waals surface area contributed by atoms with Crippen molar-refractivity contribution in [2.24, 2.45) is 10.9 Å². The van der Waals surface area contributed by atoms with Gasteiger partial charge in [0, 0.05) is 56.0 Å². The Labute approximate surface area is 265 Å². The average molecular weight is 639 g/mol. The number of thiazole rings is 1. The largest absolute Gasteiger partial charge is 0.481 e. The van der Waals surface area contributed by atoms with E-state index in [-0.39, 0.29) is 30.4 Å². The van der Waals surface area contributed by atoms with Crippen molar-refractivity contribution in [2.45, 2.75) is 64.1 Å². The fourth-order valence-electron chi connectivity index (χ4n) is 7.25. The molecule has 0 spiro atoms. The zero-order chi connectivity index (χ0) is 31.9. The summed E-state index contributed by atoms with van der Waals surface area (Å²) in [7, 11) is 0. The Kier molecular flexibility index (Phi) is 8.66. The zero-order valence-corrected chi connectivity index (χ0v) is 26.6. The molecule has 45 heavy (non-hydrogen) atoms. The number of carboxylic acid groups (broad SMARTS) is 1. The van der Waals surface area contributed by atoms with E-state index in [0.717, 1.165) is 0 Å². The van der Waals surface area contributed by atoms with Crippen molar-refractivity contribution < 1.29 is 28.6 Å². The van der Waals surface area contributed by atoms with Crippen LogP contribution < -0.4 is 5.32 Å². The van der Waals surface area contributed by atoms with Crippen LogP contribution >= 0.6 is 11.3 Å². The quantitative estimate of drug-likeness (QED) is 0.416. The van der Waals surface area contributed by atoms with Gasteiger partial charge in [-0.2, -0.15) is 0 Å². The molecule has 2 amide bonds. The zero-order valence-electron chi connectivity index (χ0n) is 25.8. The Balaban J connectivity index is 1.28. The molecule has 240 valence electrons. The maximum Gasteiger partial charge on any atom is 0.338 e. The minimum Gasteiger partial charge on any atom is -0.481 e. The maximum absolute atomic E-state index is 14.8. The summed E-state index contributed by atoms with van der Waals surface area (Å²) >= 11 is 1.42. The smallest absolute Gasteiger partial charge is 0.338 e. The van der Waals surface area contributed by atoms with Crippen LogP contribution in [0.3, 0.4) is 0 Å². The molecule has 4 aliphatic rings. The summed E-state index contributed by atoms with van der Waals surface area (Å²) in [5.41, 5.74) is 1.49. The number of piperazine rings is 1. The topological polar surface area (TPSA) is 128 Å². The number of fused-ring (bicyclic) bond motifs is 1. The number of esters is 1. The molecule has 1 aromatic heterocycles. The fourth-order valence-corrected chi connectivity index (χ4v) is 7.84. The summed E-state index contributed by atoms with van der Waals surface area (Å²) in [5, 5.41) is 15.3. The number of amides is 2. The molecule has 4 heterocycles. The van der Waals surface area contributed by atoms with E-state index in [9.17, 15) is 23.9 Å². The van der Waals surface area contributed by atoms with E-state index >= 15 is 0 Å². The summed E-state index contributed by atoms with van der Waals surface area (Å²) in [6.07, 6.45) is 4.23. The number of aliphatic carboxylic acids is 1. The van der Waals surface area contributed by atoms with Crippen molar-refractivity contribution in [3.63, 3.8) is 0 Å². The summed E-state index contributed by atoms with van der Waals surface area (Å²) in [4.78, 5) is 54.1. The SMILES string of the molecule is CCOC(=O)C1=C(CN2CCN3C(=O)N(C4CCC(C(=O)O)CC4)CC3(C)C2)NC(c2nccs2)=NC1c1cccc(F)c1C. The minimum atomic E-state index is -0.795. The molecule has 2 unspecified atom stereocenters. The van der Waals surface area contributed by atoms with Gasteiger partial charge in [-0.15, -0.1) is 11.3 Å². The Hall–Kier alpha value is -3.84. The molecule has 1 aliphatic carbocycles. The van der Waals surface area contributed by atoms with Crippen LogP contribution in [0, 0.1) is 18.7 Å². The first-order chi connectivity index (χ1) is 21.6. The van der Waals surface area contributed by atoms with Gasteiger partial charge in [-0.25, -0.2) is 19.0 Å². The van der Waals surface area contributed by atoms with Gasteiger partial charge in [0.2, 0.25) is 0 Å². The number of hydrogen-bond acceptors (Lipinski definition) is 9. The third kappa shape index (κ3) is 5.95. The molecule has 11 nitrogen and oxygen atoms in total. The summed E-state index contributed by atoms with van der Waals surface area (Å²) < 4.78 is 20.3. The summed E-state index contributed by atoms with van der Waals surface area (Å²) in [6, 6.07) is 4.06. The lowest BCUT2D eigenvalue weighted by Gasteiger charge is -2.44. The first-order valence-corrected chi connectivity index (χ1v) is 16.4. The second-order valence-electron chi connectivity index (χ2n) is 12.5. The minimum absolute atomic E-state index is 0.0120. The molecule has 13 heteroatoms. The van der Waals surface area contributed by atoms with Crippen LogP contribution in [0.4, 0.5) is 9.18 Å². The molecule has 6 rings (SSSR count). The highest BCUT2D eigenvalue weighted by Gasteiger charge is 2.51. The number of ether oxygens (including phenoxy) is 1. The molecule has 2 aromatic rings. The molecule has 1 aromatic carbocycles. The lowest BCUT2D eigenvalue weighted by Crippen LogP contribution is -2.60. The molecular weight excluding hydrogens is 599 g/mol. The van der Waals surface area contributed by atoms with E-state index in [2.05, 4.69) is 22.1 Å². The van der Waals surface area contributed by atoms with Crippen molar-refractivity contribution in [3.05, 3.63) is 63.0 Å². The van der Waals surface area contributed by atoms with Gasteiger partial charge in [0.1, 0.15) is 11.9 Å². The first-order valence-electron chi connectivity index (χ1n) is 15.5. The van der Waals surface area contributed by atoms with Crippen molar-refractivity contribution >= 4 is 35.1 Å². The number of halogens is 1. The highest BCUT2D eigenvalue weighted by atomic mass is 32.1. The molecule has 3 fully saturated rings. The molecule has 1 saturated carbocycles. The van der Waals surface area contributed by atoms with Crippen molar-refractivity contribution in [3.8, 4) is 0 Å². The Morgan fingerprint density at radius 1 is 1.20 bits per heavy atom. The van der Waals surface area contributed by atoms with E-state index in [0.29, 0.717) is 91.6 Å². The molecule has 2 atom stereocenters. The standard InChI is InChI=1S/C32H39FN6O5S/c1-4-44-30(42)25-24(35-27(28-34-12-15-45-28)36-26(25)22-6-5-7-23(33)19(22)2)16-37-13-14-39-31(43)38(18-32(39,3)17-37)21-10-8-20(9-11-21)29(40)41/h5-7,12,15,20-21,26H,4,8-11,13-14,16-18H2,1-3H3,(H,35,36)(H,40,41). The van der Waals surface area contributed by atoms with E-state index < -0.39 is 23.5 Å². The lowest BCUT2D eigenvalue weighted by atomic mass is 9.85. The molecule has 3 aliphatic heterocycles. The second-order valence-corrected chi connectivity index (χ2v) is 13.4. The predicted octanol–water partition coefficient (Wildman–Crippen LogP) is 3.95. The van der Waals surface area contributed by atoms with E-state index in [1.165, 1.54) is 17.4 Å². The van der Waals surface area contributed by atoms with Crippen molar-refractivity contribution in [1.82, 2.24) is 25.0 Å². The number of nitrogens with one attached hydrogen (secondary N) is 1. The molecular formula is C32H39FN6O5S. The van der Waals surface area contributed by atoms with Crippen LogP contribution in [-0.2, 0) is 14.3 Å². The van der Waals surface area contributed by atoms with Gasteiger partial charge in [0.15, 0.2) is 10.8 Å². The number of urea groups is 1. The predicted molar refractivity (Wildman–Crippen MR) is 166 cm³/mol. The van der Waals surface area contributed by atoms with Crippen LogP contribution in [0.25, 0.3) is 0 Å². The Bertz CT molecular complexity index is 1540. The Morgan fingerprint density at radius 3 is 2.67 bits per heavy atom. The molecule has 2 N–H and O–H groups in total. The highest BCUT2D eigenvalue weighted by Crippen LogP contribution is 2.38. The number of carboxylic acids is 1. The van der Waals surface area contributed by atoms with Gasteiger partial charge in [-0.3, -0.25) is 14.7 Å². The van der Waals surface area contributed by atoms with E-state index in [4.69, 9.17) is 9.73 Å². The number of nitrogens with zero attached hydrogens (tertiary/aromatic N) is 5. The van der Waals surface area contributed by atoms with E-state index in [1.807, 2.05) is 15.2 Å². The second kappa shape index (κ2) is 12.5. The van der Waals surface area contributed by atoms with Gasteiger partial charge in [-0.05, 0) is 63.6 Å². The van der Waals surface area contributed by atoms with Crippen LogP contribution in [0.15, 0.2) is 46.0 Å². The maximum atomic E-state index is 14.8. The highest BCUT2D eigenvalue weighted by molar-refractivity contribution is 7.11. The van der Waals surface area contributed by atoms with Gasteiger partial charge in [-0.1, -0.05) is 12.1 Å². The normalized spacial score (nSPS) is 27.2. The van der Waals surface area contributed by atoms with Crippen molar-refractivity contribution in [2.75, 3.05) is 39.3 Å². The number of amidine groups is 1. The third-order valence-corrected chi connectivity index (χ3v) is 10.4. The number of rotatable bonds is 8. The van der Waals surface area contributed by atoms with Crippen LogP contribution in [0.1, 0.15) is 61.7 Å².